The summed E-state index contributed by atoms with van der Waals surface area (Å²) in [5, 5.41) is 13.0. The van der Waals surface area contributed by atoms with Crippen LogP contribution in [-0.2, 0) is 10.5 Å². The number of Topliss-reactive ketones (excluding diaryl/α,β-unsaturated/α-hetero) is 1. The number of carbonyl (C=O) groups excluding carboxylic acids is 2. The number of carbonyl (C=O) groups is 2. The van der Waals surface area contributed by atoms with Crippen LogP contribution in [0.25, 0.3) is 0 Å². The van der Waals surface area contributed by atoms with Crippen LogP contribution < -0.4 is 5.32 Å². The molecule has 1 atom stereocenters. The smallest absolute Gasteiger partial charge is 0.229 e. The first-order valence-corrected chi connectivity index (χ1v) is 6.20. The SMILES string of the molecule is CC(=O)NC(O)(C(=O)c1ccccc1)c1ccccc1. The standard InChI is InChI=1S/C16H15NO3/c1-12(18)17-16(20,14-10-6-3-7-11-14)15(19)13-8-4-2-5-9-13/h2-11,20H,1H3,(H,17,18). The summed E-state index contributed by atoms with van der Waals surface area (Å²) in [4.78, 5) is 23.9. The van der Waals surface area contributed by atoms with Crippen LogP contribution in [0, 0.1) is 0 Å². The monoisotopic (exact) mass is 269 g/mol. The van der Waals surface area contributed by atoms with Crippen LogP contribution in [-0.4, -0.2) is 16.8 Å². The van der Waals surface area contributed by atoms with E-state index in [-0.39, 0.29) is 0 Å². The molecule has 0 aromatic heterocycles. The highest BCUT2D eigenvalue weighted by Crippen LogP contribution is 2.23. The van der Waals surface area contributed by atoms with Crippen LogP contribution >= 0.6 is 0 Å². The molecule has 0 spiro atoms. The van der Waals surface area contributed by atoms with Gasteiger partial charge in [0.1, 0.15) is 0 Å². The van der Waals surface area contributed by atoms with Crippen LogP contribution in [0.4, 0.5) is 0 Å². The Morgan fingerprint density at radius 1 is 0.950 bits per heavy atom. The van der Waals surface area contributed by atoms with Crippen molar-refractivity contribution in [2.24, 2.45) is 0 Å². The van der Waals surface area contributed by atoms with Gasteiger partial charge in [0.25, 0.3) is 0 Å². The van der Waals surface area contributed by atoms with E-state index in [2.05, 4.69) is 5.32 Å². The molecule has 2 aromatic rings. The molecule has 0 aliphatic rings. The lowest BCUT2D eigenvalue weighted by molar-refractivity contribution is -0.125. The second-order valence-corrected chi connectivity index (χ2v) is 4.45. The Kier molecular flexibility index (Phi) is 3.96. The zero-order chi connectivity index (χ0) is 14.6. The molecule has 0 saturated heterocycles. The molecule has 0 saturated carbocycles. The Labute approximate surface area is 117 Å². The first kappa shape index (κ1) is 14.0. The molecule has 1 unspecified atom stereocenters. The van der Waals surface area contributed by atoms with E-state index in [4.69, 9.17) is 0 Å². The number of hydrogen-bond acceptors (Lipinski definition) is 3. The number of aliphatic hydroxyl groups is 1. The van der Waals surface area contributed by atoms with Gasteiger partial charge in [-0.3, -0.25) is 9.59 Å². The van der Waals surface area contributed by atoms with E-state index < -0.39 is 17.4 Å². The van der Waals surface area contributed by atoms with Gasteiger partial charge in [-0.05, 0) is 0 Å². The van der Waals surface area contributed by atoms with Gasteiger partial charge in [-0.25, -0.2) is 0 Å². The van der Waals surface area contributed by atoms with E-state index in [1.807, 2.05) is 0 Å². The maximum atomic E-state index is 12.5. The van der Waals surface area contributed by atoms with Gasteiger partial charge in [-0.1, -0.05) is 60.7 Å². The fraction of sp³-hybridized carbons (Fsp3) is 0.125. The summed E-state index contributed by atoms with van der Waals surface area (Å²) >= 11 is 0. The molecule has 0 bridgehead atoms. The number of benzene rings is 2. The molecule has 0 heterocycles. The lowest BCUT2D eigenvalue weighted by atomic mass is 9.93. The molecule has 2 rings (SSSR count). The molecule has 0 aliphatic heterocycles. The fourth-order valence-electron chi connectivity index (χ4n) is 1.99. The lowest BCUT2D eigenvalue weighted by Gasteiger charge is -2.27. The van der Waals surface area contributed by atoms with E-state index in [1.165, 1.54) is 6.92 Å². The van der Waals surface area contributed by atoms with Crippen molar-refractivity contribution in [3.63, 3.8) is 0 Å². The molecule has 0 fully saturated rings. The summed E-state index contributed by atoms with van der Waals surface area (Å²) in [6.07, 6.45) is 0. The topological polar surface area (TPSA) is 66.4 Å². The molecule has 20 heavy (non-hydrogen) atoms. The minimum absolute atomic E-state index is 0.323. The highest BCUT2D eigenvalue weighted by atomic mass is 16.3. The summed E-state index contributed by atoms with van der Waals surface area (Å²) in [5.41, 5.74) is -1.41. The summed E-state index contributed by atoms with van der Waals surface area (Å²) in [6, 6.07) is 16.7. The number of rotatable bonds is 4. The Hall–Kier alpha value is -2.46. The molecule has 0 aliphatic carbocycles. The van der Waals surface area contributed by atoms with E-state index >= 15 is 0 Å². The van der Waals surface area contributed by atoms with Gasteiger partial charge in [0.05, 0.1) is 0 Å². The highest BCUT2D eigenvalue weighted by Gasteiger charge is 2.39. The number of amides is 1. The first-order chi connectivity index (χ1) is 9.54. The van der Waals surface area contributed by atoms with Crippen molar-refractivity contribution >= 4 is 11.7 Å². The predicted molar refractivity (Wildman–Crippen MR) is 74.9 cm³/mol. The Morgan fingerprint density at radius 3 is 1.95 bits per heavy atom. The molecular formula is C16H15NO3. The second kappa shape index (κ2) is 5.67. The number of nitrogens with one attached hydrogen (secondary N) is 1. The van der Waals surface area contributed by atoms with E-state index in [1.54, 1.807) is 60.7 Å². The predicted octanol–water partition coefficient (Wildman–Crippen LogP) is 1.85. The van der Waals surface area contributed by atoms with Crippen LogP contribution in [0.5, 0.6) is 0 Å². The summed E-state index contributed by atoms with van der Waals surface area (Å²) in [5.74, 6) is -1.06. The van der Waals surface area contributed by atoms with Gasteiger partial charge in [-0.2, -0.15) is 0 Å². The average Bonchev–Trinajstić information content (AvgIpc) is 2.47. The van der Waals surface area contributed by atoms with Crippen molar-refractivity contribution in [1.29, 1.82) is 0 Å². The summed E-state index contributed by atoms with van der Waals surface area (Å²) in [7, 11) is 0. The first-order valence-electron chi connectivity index (χ1n) is 6.20. The van der Waals surface area contributed by atoms with E-state index in [9.17, 15) is 14.7 Å². The van der Waals surface area contributed by atoms with Crippen molar-refractivity contribution in [3.05, 3.63) is 71.8 Å². The molecular weight excluding hydrogens is 254 g/mol. The van der Waals surface area contributed by atoms with Crippen LogP contribution in [0.1, 0.15) is 22.8 Å². The minimum atomic E-state index is -2.06. The zero-order valence-corrected chi connectivity index (χ0v) is 11.0. The van der Waals surface area contributed by atoms with Gasteiger partial charge in [-0.15, -0.1) is 0 Å². The van der Waals surface area contributed by atoms with Crippen molar-refractivity contribution < 1.29 is 14.7 Å². The van der Waals surface area contributed by atoms with Crippen LogP contribution in [0.2, 0.25) is 0 Å². The normalized spacial score (nSPS) is 13.3. The number of hydrogen-bond donors (Lipinski definition) is 2. The van der Waals surface area contributed by atoms with E-state index in [0.29, 0.717) is 11.1 Å². The van der Waals surface area contributed by atoms with Crippen LogP contribution in [0.3, 0.4) is 0 Å². The van der Waals surface area contributed by atoms with Gasteiger partial charge in [0.15, 0.2) is 0 Å². The van der Waals surface area contributed by atoms with Crippen molar-refractivity contribution in [2.45, 2.75) is 12.6 Å². The van der Waals surface area contributed by atoms with Crippen molar-refractivity contribution in [2.75, 3.05) is 0 Å². The van der Waals surface area contributed by atoms with Gasteiger partial charge in [0, 0.05) is 18.1 Å². The van der Waals surface area contributed by atoms with Gasteiger partial charge < -0.3 is 10.4 Å². The fourth-order valence-corrected chi connectivity index (χ4v) is 1.99. The summed E-state index contributed by atoms with van der Waals surface area (Å²) in [6.45, 7) is 1.26. The molecule has 0 radical (unpaired) electrons. The maximum absolute atomic E-state index is 12.5. The molecule has 2 N–H and O–H groups in total. The van der Waals surface area contributed by atoms with Gasteiger partial charge in [0.2, 0.25) is 17.4 Å². The average molecular weight is 269 g/mol. The third-order valence-corrected chi connectivity index (χ3v) is 2.91. The Morgan fingerprint density at radius 2 is 1.45 bits per heavy atom. The van der Waals surface area contributed by atoms with Gasteiger partial charge >= 0.3 is 0 Å². The van der Waals surface area contributed by atoms with E-state index in [0.717, 1.165) is 0 Å². The quantitative estimate of drug-likeness (QED) is 0.657. The van der Waals surface area contributed by atoms with Crippen molar-refractivity contribution in [1.82, 2.24) is 5.32 Å². The third-order valence-electron chi connectivity index (χ3n) is 2.91. The van der Waals surface area contributed by atoms with Crippen LogP contribution in [0.15, 0.2) is 60.7 Å². The molecule has 102 valence electrons. The second-order valence-electron chi connectivity index (χ2n) is 4.45. The molecule has 2 aromatic carbocycles. The van der Waals surface area contributed by atoms with Crippen molar-refractivity contribution in [3.8, 4) is 0 Å². The number of ketones is 1. The summed E-state index contributed by atoms with van der Waals surface area (Å²) < 4.78 is 0. The Balaban J connectivity index is 2.48. The zero-order valence-electron chi connectivity index (χ0n) is 11.0. The third kappa shape index (κ3) is 2.75. The molecule has 4 nitrogen and oxygen atoms in total. The largest absolute Gasteiger partial charge is 0.361 e. The minimum Gasteiger partial charge on any atom is -0.361 e. The highest BCUT2D eigenvalue weighted by molar-refractivity contribution is 6.04. The lowest BCUT2D eigenvalue weighted by Crippen LogP contribution is -2.51. The maximum Gasteiger partial charge on any atom is 0.229 e. The Bertz CT molecular complexity index is 610. The molecule has 1 amide bonds. The molecule has 4 heteroatoms.